The molecule has 1 aliphatic rings. The van der Waals surface area contributed by atoms with Crippen LogP contribution < -0.4 is 4.74 Å². The lowest BCUT2D eigenvalue weighted by molar-refractivity contribution is 0.225. The van der Waals surface area contributed by atoms with E-state index in [-0.39, 0.29) is 0 Å². The van der Waals surface area contributed by atoms with Gasteiger partial charge in [-0.25, -0.2) is 4.98 Å². The highest BCUT2D eigenvalue weighted by Gasteiger charge is 2.16. The van der Waals surface area contributed by atoms with Crippen molar-refractivity contribution in [2.75, 3.05) is 7.11 Å². The average molecular weight is 191 g/mol. The van der Waals surface area contributed by atoms with Crippen LogP contribution in [0.1, 0.15) is 24.5 Å². The predicted octanol–water partition coefficient (Wildman–Crippen LogP) is 2.37. The molecule has 0 saturated carbocycles. The number of hydrogen-bond acceptors (Lipinski definition) is 3. The predicted molar refractivity (Wildman–Crippen MR) is 53.8 cm³/mol. The van der Waals surface area contributed by atoms with Crippen molar-refractivity contribution in [2.24, 2.45) is 0 Å². The molecule has 2 rings (SSSR count). The van der Waals surface area contributed by atoms with Crippen molar-refractivity contribution >= 4 is 5.57 Å². The molecule has 0 atom stereocenters. The van der Waals surface area contributed by atoms with E-state index < -0.39 is 0 Å². The van der Waals surface area contributed by atoms with Gasteiger partial charge >= 0.3 is 0 Å². The summed E-state index contributed by atoms with van der Waals surface area (Å²) >= 11 is 0. The molecule has 1 aromatic rings. The van der Waals surface area contributed by atoms with Crippen LogP contribution in [0.5, 0.6) is 5.88 Å². The molecule has 0 radical (unpaired) electrons. The molecule has 0 saturated heterocycles. The van der Waals surface area contributed by atoms with Gasteiger partial charge in [0.25, 0.3) is 0 Å². The highest BCUT2D eigenvalue weighted by molar-refractivity contribution is 5.69. The van der Waals surface area contributed by atoms with Crippen LogP contribution in [0.15, 0.2) is 18.5 Å². The Bertz CT molecular complexity index is 372. The Morgan fingerprint density at radius 3 is 3.14 bits per heavy atom. The summed E-state index contributed by atoms with van der Waals surface area (Å²) in [7, 11) is 1.63. The van der Waals surface area contributed by atoms with Gasteiger partial charge in [0.05, 0.1) is 18.9 Å². The van der Waals surface area contributed by atoms with E-state index in [2.05, 4.69) is 11.9 Å². The van der Waals surface area contributed by atoms with Crippen LogP contribution in [0.3, 0.4) is 0 Å². The van der Waals surface area contributed by atoms with Crippen LogP contribution in [-0.2, 0) is 11.3 Å². The molecular weight excluding hydrogens is 178 g/mol. The number of pyridine rings is 1. The van der Waals surface area contributed by atoms with E-state index >= 15 is 0 Å². The number of aromatic nitrogens is 1. The number of methoxy groups -OCH3 is 1. The first-order valence-corrected chi connectivity index (χ1v) is 4.69. The number of rotatable bonds is 2. The van der Waals surface area contributed by atoms with Crippen molar-refractivity contribution in [3.63, 3.8) is 0 Å². The van der Waals surface area contributed by atoms with Crippen LogP contribution in [0.2, 0.25) is 0 Å². The third kappa shape index (κ3) is 1.35. The van der Waals surface area contributed by atoms with Gasteiger partial charge in [0.2, 0.25) is 5.88 Å². The standard InChI is InChI=1S/C11H13NO2/c1-3-8-6-14-7-10-9(8)4-5-12-11(10)13-2/h4-6H,3,7H2,1-2H3. The lowest BCUT2D eigenvalue weighted by Gasteiger charge is -2.18. The van der Waals surface area contributed by atoms with Gasteiger partial charge in [-0.3, -0.25) is 0 Å². The maximum atomic E-state index is 5.36. The van der Waals surface area contributed by atoms with Crippen LogP contribution in [0.4, 0.5) is 0 Å². The van der Waals surface area contributed by atoms with E-state index in [0.29, 0.717) is 12.5 Å². The lowest BCUT2D eigenvalue weighted by atomic mass is 9.99. The van der Waals surface area contributed by atoms with E-state index in [0.717, 1.165) is 12.0 Å². The van der Waals surface area contributed by atoms with Crippen molar-refractivity contribution in [1.82, 2.24) is 4.98 Å². The fraction of sp³-hybridized carbons (Fsp3) is 0.364. The Labute approximate surface area is 83.4 Å². The van der Waals surface area contributed by atoms with E-state index in [1.807, 2.05) is 12.3 Å². The summed E-state index contributed by atoms with van der Waals surface area (Å²) in [5.41, 5.74) is 3.45. The third-order valence-corrected chi connectivity index (χ3v) is 2.39. The SMILES string of the molecule is CCC1=COCc2c1ccnc2OC. The number of nitrogens with zero attached hydrogens (tertiary/aromatic N) is 1. The summed E-state index contributed by atoms with van der Waals surface area (Å²) < 4.78 is 10.5. The van der Waals surface area contributed by atoms with Crippen LogP contribution >= 0.6 is 0 Å². The molecule has 3 nitrogen and oxygen atoms in total. The molecule has 0 N–H and O–H groups in total. The Morgan fingerprint density at radius 2 is 2.43 bits per heavy atom. The lowest BCUT2D eigenvalue weighted by Crippen LogP contribution is -2.05. The highest BCUT2D eigenvalue weighted by atomic mass is 16.5. The first kappa shape index (κ1) is 9.06. The van der Waals surface area contributed by atoms with E-state index in [1.54, 1.807) is 13.3 Å². The molecule has 14 heavy (non-hydrogen) atoms. The summed E-state index contributed by atoms with van der Waals surface area (Å²) in [5.74, 6) is 0.668. The first-order valence-electron chi connectivity index (χ1n) is 4.69. The monoisotopic (exact) mass is 191 g/mol. The summed E-state index contributed by atoms with van der Waals surface area (Å²) in [6.45, 7) is 2.66. The van der Waals surface area contributed by atoms with Gasteiger partial charge in [-0.15, -0.1) is 0 Å². The fourth-order valence-corrected chi connectivity index (χ4v) is 1.65. The van der Waals surface area contributed by atoms with E-state index in [9.17, 15) is 0 Å². The summed E-state index contributed by atoms with van der Waals surface area (Å²) in [6, 6.07) is 2.01. The molecule has 74 valence electrons. The minimum atomic E-state index is 0.551. The van der Waals surface area contributed by atoms with Gasteiger partial charge in [-0.2, -0.15) is 0 Å². The topological polar surface area (TPSA) is 31.4 Å². The number of fused-ring (bicyclic) bond motifs is 1. The van der Waals surface area contributed by atoms with Crippen LogP contribution in [-0.4, -0.2) is 12.1 Å². The second-order valence-corrected chi connectivity index (χ2v) is 3.15. The van der Waals surface area contributed by atoms with Gasteiger partial charge in [0.15, 0.2) is 0 Å². The number of allylic oxidation sites excluding steroid dienone is 1. The molecule has 0 unspecified atom stereocenters. The minimum Gasteiger partial charge on any atom is -0.496 e. The minimum absolute atomic E-state index is 0.551. The first-order chi connectivity index (χ1) is 6.86. The molecule has 0 bridgehead atoms. The van der Waals surface area contributed by atoms with Gasteiger partial charge in [-0.05, 0) is 23.6 Å². The molecule has 1 aliphatic heterocycles. The molecule has 0 fully saturated rings. The Morgan fingerprint density at radius 1 is 1.57 bits per heavy atom. The van der Waals surface area contributed by atoms with Crippen molar-refractivity contribution in [2.45, 2.75) is 20.0 Å². The Hall–Kier alpha value is -1.51. The summed E-state index contributed by atoms with van der Waals surface area (Å²) in [5, 5.41) is 0. The van der Waals surface area contributed by atoms with Crippen molar-refractivity contribution in [3.8, 4) is 5.88 Å². The molecule has 0 spiro atoms. The maximum absolute atomic E-state index is 5.36. The van der Waals surface area contributed by atoms with Crippen LogP contribution in [0, 0.1) is 0 Å². The molecule has 0 aliphatic carbocycles. The zero-order valence-corrected chi connectivity index (χ0v) is 8.41. The molecule has 2 heterocycles. The zero-order valence-electron chi connectivity index (χ0n) is 8.41. The average Bonchev–Trinajstić information content (AvgIpc) is 2.27. The zero-order chi connectivity index (χ0) is 9.97. The molecule has 0 amide bonds. The van der Waals surface area contributed by atoms with Crippen molar-refractivity contribution in [3.05, 3.63) is 29.7 Å². The quantitative estimate of drug-likeness (QED) is 0.719. The Balaban J connectivity index is 2.52. The molecule has 3 heteroatoms. The molecule has 0 aromatic carbocycles. The van der Waals surface area contributed by atoms with Gasteiger partial charge in [0.1, 0.15) is 6.61 Å². The molecule has 1 aromatic heterocycles. The van der Waals surface area contributed by atoms with Crippen molar-refractivity contribution < 1.29 is 9.47 Å². The normalized spacial score (nSPS) is 14.0. The summed E-state index contributed by atoms with van der Waals surface area (Å²) in [6.07, 6.45) is 4.55. The number of ether oxygens (including phenoxy) is 2. The Kier molecular flexibility index (Phi) is 2.39. The summed E-state index contributed by atoms with van der Waals surface area (Å²) in [4.78, 5) is 4.15. The van der Waals surface area contributed by atoms with E-state index in [1.165, 1.54) is 11.1 Å². The second-order valence-electron chi connectivity index (χ2n) is 3.15. The van der Waals surface area contributed by atoms with Gasteiger partial charge in [-0.1, -0.05) is 6.92 Å². The molecular formula is C11H13NO2. The van der Waals surface area contributed by atoms with Gasteiger partial charge < -0.3 is 9.47 Å². The van der Waals surface area contributed by atoms with Crippen molar-refractivity contribution in [1.29, 1.82) is 0 Å². The van der Waals surface area contributed by atoms with E-state index in [4.69, 9.17) is 9.47 Å². The van der Waals surface area contributed by atoms with Gasteiger partial charge in [0, 0.05) is 6.20 Å². The number of hydrogen-bond donors (Lipinski definition) is 0. The highest BCUT2D eigenvalue weighted by Crippen LogP contribution is 2.31. The smallest absolute Gasteiger partial charge is 0.220 e. The van der Waals surface area contributed by atoms with Crippen LogP contribution in [0.25, 0.3) is 5.57 Å². The third-order valence-electron chi connectivity index (χ3n) is 2.39. The maximum Gasteiger partial charge on any atom is 0.220 e. The second kappa shape index (κ2) is 3.70. The fourth-order valence-electron chi connectivity index (χ4n) is 1.65. The largest absolute Gasteiger partial charge is 0.496 e.